The van der Waals surface area contributed by atoms with Gasteiger partial charge in [-0.1, -0.05) is 44.0 Å². The number of halogens is 2. The highest BCUT2D eigenvalue weighted by molar-refractivity contribution is 6.42. The van der Waals surface area contributed by atoms with E-state index in [1.165, 1.54) is 0 Å². The van der Waals surface area contributed by atoms with Crippen LogP contribution in [-0.2, 0) is 11.3 Å². The zero-order valence-electron chi connectivity index (χ0n) is 15.8. The fourth-order valence-corrected chi connectivity index (χ4v) is 4.71. The lowest BCUT2D eigenvalue weighted by Crippen LogP contribution is -2.54. The highest BCUT2D eigenvalue weighted by Gasteiger charge is 2.42. The fourth-order valence-electron chi connectivity index (χ4n) is 4.39. The number of aromatic nitrogens is 2. The number of fused-ring (bicyclic) bond motifs is 4. The largest absolute Gasteiger partial charge is 0.338 e. The number of rotatable bonds is 0. The van der Waals surface area contributed by atoms with Gasteiger partial charge in [-0.25, -0.2) is 4.98 Å². The summed E-state index contributed by atoms with van der Waals surface area (Å²) in [4.78, 5) is 32.8. The Morgan fingerprint density at radius 3 is 2.56 bits per heavy atom. The smallest absolute Gasteiger partial charge is 0.261 e. The van der Waals surface area contributed by atoms with Gasteiger partial charge in [-0.3, -0.25) is 14.2 Å². The Balaban J connectivity index is 1.82. The van der Waals surface area contributed by atoms with Crippen molar-refractivity contribution in [3.05, 3.63) is 38.4 Å². The molecule has 0 unspecified atom stereocenters. The summed E-state index contributed by atoms with van der Waals surface area (Å²) in [6.07, 6.45) is 2.62. The van der Waals surface area contributed by atoms with Crippen LogP contribution in [0.2, 0.25) is 10.0 Å². The first-order valence-electron chi connectivity index (χ1n) is 9.39. The van der Waals surface area contributed by atoms with Gasteiger partial charge in [0.25, 0.3) is 5.56 Å². The van der Waals surface area contributed by atoms with Crippen LogP contribution >= 0.6 is 23.2 Å². The number of carbonyl (C=O) groups is 1. The first-order chi connectivity index (χ1) is 12.7. The molecular weight excluding hydrogens is 385 g/mol. The average Bonchev–Trinajstić information content (AvgIpc) is 2.61. The van der Waals surface area contributed by atoms with Crippen LogP contribution in [0.5, 0.6) is 0 Å². The maximum Gasteiger partial charge on any atom is 0.261 e. The summed E-state index contributed by atoms with van der Waals surface area (Å²) in [6.45, 7) is 7.20. The first kappa shape index (κ1) is 18.8. The SMILES string of the molecule is CC(C)(C)C(=O)N1CCC[C@@H]2c3nc4cc(Cl)c(Cl)cc4c(=O)n3CC[C@H]21. The molecule has 2 atom stereocenters. The van der Waals surface area contributed by atoms with Crippen LogP contribution in [-0.4, -0.2) is 32.9 Å². The van der Waals surface area contributed by atoms with Gasteiger partial charge in [0, 0.05) is 30.5 Å². The summed E-state index contributed by atoms with van der Waals surface area (Å²) in [5.74, 6) is 1.02. The molecule has 0 spiro atoms. The summed E-state index contributed by atoms with van der Waals surface area (Å²) >= 11 is 12.2. The molecular formula is C20H23Cl2N3O2. The van der Waals surface area contributed by atoms with Gasteiger partial charge in [0.2, 0.25) is 5.91 Å². The second-order valence-electron chi connectivity index (χ2n) is 8.56. The quantitative estimate of drug-likeness (QED) is 0.656. The molecule has 2 aliphatic rings. The molecule has 7 heteroatoms. The van der Waals surface area contributed by atoms with E-state index in [0.29, 0.717) is 27.5 Å². The molecule has 0 N–H and O–H groups in total. The number of hydrogen-bond acceptors (Lipinski definition) is 3. The van der Waals surface area contributed by atoms with Crippen molar-refractivity contribution in [2.24, 2.45) is 5.41 Å². The van der Waals surface area contributed by atoms with E-state index in [0.717, 1.165) is 31.6 Å². The predicted octanol–water partition coefficient (Wildman–Crippen LogP) is 4.23. The molecule has 1 aromatic carbocycles. The number of hydrogen-bond donors (Lipinski definition) is 0. The molecule has 3 heterocycles. The lowest BCUT2D eigenvalue weighted by molar-refractivity contribution is -0.144. The lowest BCUT2D eigenvalue weighted by atomic mass is 9.81. The number of benzene rings is 1. The van der Waals surface area contributed by atoms with Crippen molar-refractivity contribution < 1.29 is 4.79 Å². The zero-order valence-corrected chi connectivity index (χ0v) is 17.3. The van der Waals surface area contributed by atoms with Crippen molar-refractivity contribution in [3.63, 3.8) is 0 Å². The Hall–Kier alpha value is -1.59. The average molecular weight is 408 g/mol. The van der Waals surface area contributed by atoms with Crippen LogP contribution in [0.1, 0.15) is 51.8 Å². The fraction of sp³-hybridized carbons (Fsp3) is 0.550. The molecule has 1 aromatic heterocycles. The molecule has 2 aliphatic heterocycles. The van der Waals surface area contributed by atoms with Gasteiger partial charge in [0.15, 0.2) is 0 Å². The Labute approximate surface area is 168 Å². The number of carbonyl (C=O) groups excluding carboxylic acids is 1. The Morgan fingerprint density at radius 1 is 1.15 bits per heavy atom. The number of likely N-dealkylation sites (tertiary alicyclic amines) is 1. The second-order valence-corrected chi connectivity index (χ2v) is 9.38. The summed E-state index contributed by atoms with van der Waals surface area (Å²) in [5, 5.41) is 1.24. The van der Waals surface area contributed by atoms with E-state index in [1.807, 2.05) is 25.7 Å². The third kappa shape index (κ3) is 3.05. The summed E-state index contributed by atoms with van der Waals surface area (Å²) in [6, 6.07) is 3.36. The number of nitrogens with zero attached hydrogens (tertiary/aromatic N) is 3. The van der Waals surface area contributed by atoms with Crippen LogP contribution in [0.3, 0.4) is 0 Å². The first-order valence-corrected chi connectivity index (χ1v) is 10.1. The van der Waals surface area contributed by atoms with Gasteiger partial charge in [-0.15, -0.1) is 0 Å². The Bertz CT molecular complexity index is 993. The van der Waals surface area contributed by atoms with Crippen LogP contribution in [0.4, 0.5) is 0 Å². The highest BCUT2D eigenvalue weighted by atomic mass is 35.5. The van der Waals surface area contributed by atoms with Crippen molar-refractivity contribution in [1.29, 1.82) is 0 Å². The van der Waals surface area contributed by atoms with Gasteiger partial charge in [0.05, 0.1) is 20.9 Å². The number of amides is 1. The van der Waals surface area contributed by atoms with Crippen molar-refractivity contribution in [1.82, 2.24) is 14.5 Å². The number of piperidine rings is 1. The van der Waals surface area contributed by atoms with Crippen molar-refractivity contribution >= 4 is 40.0 Å². The summed E-state index contributed by atoms with van der Waals surface area (Å²) in [5.41, 5.74) is 0.0759. The van der Waals surface area contributed by atoms with Crippen LogP contribution in [0.25, 0.3) is 10.9 Å². The van der Waals surface area contributed by atoms with Crippen molar-refractivity contribution in [2.45, 2.75) is 58.5 Å². The third-order valence-electron chi connectivity index (χ3n) is 5.69. The van der Waals surface area contributed by atoms with Gasteiger partial charge < -0.3 is 4.90 Å². The second kappa shape index (κ2) is 6.49. The van der Waals surface area contributed by atoms with Crippen LogP contribution < -0.4 is 5.56 Å². The summed E-state index contributed by atoms with van der Waals surface area (Å²) in [7, 11) is 0. The minimum atomic E-state index is -0.417. The van der Waals surface area contributed by atoms with Crippen LogP contribution in [0.15, 0.2) is 16.9 Å². The van der Waals surface area contributed by atoms with E-state index in [4.69, 9.17) is 28.2 Å². The molecule has 144 valence electrons. The molecule has 0 radical (unpaired) electrons. The predicted molar refractivity (Wildman–Crippen MR) is 108 cm³/mol. The zero-order chi connectivity index (χ0) is 19.5. The topological polar surface area (TPSA) is 55.2 Å². The molecule has 5 nitrogen and oxygen atoms in total. The Morgan fingerprint density at radius 2 is 1.85 bits per heavy atom. The molecule has 2 aromatic rings. The standard InChI is InChI=1S/C20H23Cl2N3O2/c1-20(2,3)19(27)24-7-4-5-11-16(24)6-8-25-17(11)23-15-10-14(22)13(21)9-12(15)18(25)26/h9-11,16H,4-8H2,1-3H3/t11-,16+/m0/s1. The molecule has 27 heavy (non-hydrogen) atoms. The molecule has 0 saturated carbocycles. The Kier molecular flexibility index (Phi) is 4.51. The lowest BCUT2D eigenvalue weighted by Gasteiger charge is -2.46. The van der Waals surface area contributed by atoms with Crippen molar-refractivity contribution in [3.8, 4) is 0 Å². The van der Waals surface area contributed by atoms with Crippen LogP contribution in [0, 0.1) is 5.41 Å². The maximum absolute atomic E-state index is 13.0. The normalized spacial score (nSPS) is 22.5. The monoisotopic (exact) mass is 407 g/mol. The van der Waals surface area contributed by atoms with Gasteiger partial charge in [0.1, 0.15) is 5.82 Å². The minimum Gasteiger partial charge on any atom is -0.338 e. The van der Waals surface area contributed by atoms with E-state index < -0.39 is 5.41 Å². The molecule has 1 saturated heterocycles. The van der Waals surface area contributed by atoms with Crippen molar-refractivity contribution in [2.75, 3.05) is 6.54 Å². The van der Waals surface area contributed by atoms with E-state index in [-0.39, 0.29) is 23.4 Å². The molecule has 1 fully saturated rings. The summed E-state index contributed by atoms with van der Waals surface area (Å²) < 4.78 is 1.76. The van der Waals surface area contributed by atoms with Gasteiger partial charge >= 0.3 is 0 Å². The molecule has 0 aliphatic carbocycles. The molecule has 4 rings (SSSR count). The maximum atomic E-state index is 13.0. The van der Waals surface area contributed by atoms with Gasteiger partial charge in [-0.05, 0) is 31.4 Å². The molecule has 0 bridgehead atoms. The minimum absolute atomic E-state index is 0.0744. The van der Waals surface area contributed by atoms with E-state index >= 15 is 0 Å². The van der Waals surface area contributed by atoms with Gasteiger partial charge in [-0.2, -0.15) is 0 Å². The molecule has 1 amide bonds. The van der Waals surface area contributed by atoms with E-state index in [2.05, 4.69) is 0 Å². The third-order valence-corrected chi connectivity index (χ3v) is 6.41. The highest BCUT2D eigenvalue weighted by Crippen LogP contribution is 2.39. The van der Waals surface area contributed by atoms with E-state index in [9.17, 15) is 9.59 Å². The van der Waals surface area contributed by atoms with E-state index in [1.54, 1.807) is 16.7 Å².